The number of ketones is 2. The normalized spacial score (nSPS) is 14.3. The molecule has 3 aliphatic heterocycles. The van der Waals surface area contributed by atoms with Gasteiger partial charge in [0, 0.05) is 80.7 Å². The molecule has 3 aromatic heterocycles. The van der Waals surface area contributed by atoms with E-state index < -0.39 is 0 Å². The fourth-order valence-corrected chi connectivity index (χ4v) is 9.78. The first-order chi connectivity index (χ1) is 31.6. The van der Waals surface area contributed by atoms with Crippen LogP contribution in [0.25, 0.3) is 90.9 Å². The second-order valence-corrected chi connectivity index (χ2v) is 16.6. The zero-order valence-corrected chi connectivity index (χ0v) is 34.7. The second kappa shape index (κ2) is 15.3. The maximum Gasteiger partial charge on any atom is 0.191 e. The Balaban J connectivity index is 1.17. The van der Waals surface area contributed by atoms with Gasteiger partial charge in [-0.15, -0.1) is 0 Å². The molecule has 7 nitrogen and oxygen atoms in total. The molecule has 0 saturated heterocycles. The van der Waals surface area contributed by atoms with E-state index in [9.17, 15) is 9.59 Å². The van der Waals surface area contributed by atoms with Crippen LogP contribution >= 0.6 is 0 Å². The first kappa shape index (κ1) is 37.5. The molecule has 1 aliphatic carbocycles. The summed E-state index contributed by atoms with van der Waals surface area (Å²) in [7, 11) is 0. The summed E-state index contributed by atoms with van der Waals surface area (Å²) in [5.41, 5.74) is 18.1. The highest BCUT2D eigenvalue weighted by Gasteiger charge is 2.37. The lowest BCUT2D eigenvalue weighted by Gasteiger charge is -2.16. The molecule has 4 aliphatic rings. The highest BCUT2D eigenvalue weighted by molar-refractivity contribution is 6.27. The smallest absolute Gasteiger partial charge is 0.191 e. The molecule has 12 rings (SSSR count). The topological polar surface area (TPSA) is 94.7 Å². The van der Waals surface area contributed by atoms with Crippen LogP contribution in [0, 0.1) is 0 Å². The number of Topliss-reactive ketones (excluding diaryl/α,β-unsaturated/α-hetero) is 2. The maximum atomic E-state index is 13.9. The Kier molecular flexibility index (Phi) is 8.95. The van der Waals surface area contributed by atoms with Gasteiger partial charge in [0.05, 0.1) is 28.3 Å². The lowest BCUT2D eigenvalue weighted by molar-refractivity contribution is 0.0977. The Morgan fingerprint density at radius 2 is 0.797 bits per heavy atom. The van der Waals surface area contributed by atoms with Crippen molar-refractivity contribution in [2.45, 2.75) is 6.54 Å². The quantitative estimate of drug-likeness (QED) is 0.174. The van der Waals surface area contributed by atoms with Crippen LogP contribution in [-0.2, 0) is 6.54 Å². The van der Waals surface area contributed by atoms with Gasteiger partial charge in [-0.3, -0.25) is 14.5 Å². The van der Waals surface area contributed by atoms with Crippen molar-refractivity contribution in [2.75, 3.05) is 13.1 Å². The van der Waals surface area contributed by atoms with Crippen molar-refractivity contribution in [3.63, 3.8) is 0 Å². The molecule has 0 atom stereocenters. The Hall–Kier alpha value is -8.26. The van der Waals surface area contributed by atoms with Crippen LogP contribution in [0.4, 0.5) is 0 Å². The molecular formula is C57H39N5O2. The number of carbonyl (C=O) groups excluding carboxylic acids is 2. The Bertz CT molecular complexity index is 3440. The van der Waals surface area contributed by atoms with Gasteiger partial charge >= 0.3 is 0 Å². The highest BCUT2D eigenvalue weighted by Crippen LogP contribution is 2.40. The van der Waals surface area contributed by atoms with E-state index in [1.807, 2.05) is 36.4 Å². The van der Waals surface area contributed by atoms with Crippen molar-refractivity contribution in [1.29, 1.82) is 0 Å². The summed E-state index contributed by atoms with van der Waals surface area (Å²) in [6.07, 6.45) is 8.46. The zero-order valence-electron chi connectivity index (χ0n) is 34.7. The van der Waals surface area contributed by atoms with Gasteiger partial charge in [-0.1, -0.05) is 146 Å². The number of rotatable bonds is 6. The average Bonchev–Trinajstić information content (AvgIpc) is 4.21. The molecule has 5 aromatic carbocycles. The third kappa shape index (κ3) is 6.32. The van der Waals surface area contributed by atoms with E-state index in [1.54, 1.807) is 12.1 Å². The lowest BCUT2D eigenvalue weighted by Crippen LogP contribution is -2.22. The first-order valence-corrected chi connectivity index (χ1v) is 21.6. The van der Waals surface area contributed by atoms with Gasteiger partial charge in [0.15, 0.2) is 11.6 Å². The van der Waals surface area contributed by atoms with Gasteiger partial charge in [0.1, 0.15) is 0 Å². The molecule has 304 valence electrons. The van der Waals surface area contributed by atoms with E-state index in [0.717, 1.165) is 94.9 Å². The fraction of sp³-hybridized carbons (Fsp3) is 0.0526. The predicted octanol–water partition coefficient (Wildman–Crippen LogP) is 12.5. The highest BCUT2D eigenvalue weighted by atomic mass is 16.1. The molecule has 8 bridgehead atoms. The third-order valence-electron chi connectivity index (χ3n) is 12.7. The van der Waals surface area contributed by atoms with Gasteiger partial charge < -0.3 is 9.97 Å². The van der Waals surface area contributed by atoms with E-state index in [0.29, 0.717) is 41.9 Å². The molecule has 6 heterocycles. The molecule has 8 aromatic rings. The summed E-state index contributed by atoms with van der Waals surface area (Å²) in [4.78, 5) is 48.8. The van der Waals surface area contributed by atoms with Crippen LogP contribution in [0.5, 0.6) is 0 Å². The van der Waals surface area contributed by atoms with Crippen LogP contribution in [0.15, 0.2) is 175 Å². The molecule has 0 saturated carbocycles. The van der Waals surface area contributed by atoms with E-state index >= 15 is 0 Å². The fourth-order valence-electron chi connectivity index (χ4n) is 9.78. The van der Waals surface area contributed by atoms with Crippen molar-refractivity contribution in [2.24, 2.45) is 0 Å². The number of benzene rings is 5. The van der Waals surface area contributed by atoms with E-state index in [4.69, 9.17) is 9.97 Å². The Morgan fingerprint density at radius 1 is 0.422 bits per heavy atom. The predicted molar refractivity (Wildman–Crippen MR) is 258 cm³/mol. The summed E-state index contributed by atoms with van der Waals surface area (Å²) in [6.45, 7) is 1.23. The third-order valence-corrected chi connectivity index (χ3v) is 12.7. The minimum atomic E-state index is -0.0610. The van der Waals surface area contributed by atoms with Crippen LogP contribution in [0.2, 0.25) is 0 Å². The maximum absolute atomic E-state index is 13.9. The number of hydrogen-bond donors (Lipinski definition) is 2. The zero-order chi connectivity index (χ0) is 42.7. The largest absolute Gasteiger partial charge is 0.354 e. The lowest BCUT2D eigenvalue weighted by atomic mass is 9.85. The Morgan fingerprint density at radius 3 is 1.23 bits per heavy atom. The van der Waals surface area contributed by atoms with E-state index in [-0.39, 0.29) is 11.6 Å². The second-order valence-electron chi connectivity index (χ2n) is 16.6. The van der Waals surface area contributed by atoms with Gasteiger partial charge in [-0.25, -0.2) is 9.97 Å². The molecular weight excluding hydrogens is 787 g/mol. The molecule has 2 N–H and O–H groups in total. The van der Waals surface area contributed by atoms with Crippen LogP contribution in [0.1, 0.15) is 49.1 Å². The molecule has 0 fully saturated rings. The van der Waals surface area contributed by atoms with Crippen molar-refractivity contribution in [1.82, 2.24) is 24.8 Å². The van der Waals surface area contributed by atoms with Crippen molar-refractivity contribution < 1.29 is 9.59 Å². The minimum Gasteiger partial charge on any atom is -0.354 e. The number of hydrogen-bond acceptors (Lipinski definition) is 5. The SMILES string of the molecule is O=C1C2=C(CN(Cc3cc4[nH]c3c(-c3ccccc3)c3nc(c(-c5ccccc5)c5ccc([nH]5)c(-c5ccccc5)c5nc(c4-c4ccccc4)C=C5)C=C3)C2)C(=O)c2ccccc21. The van der Waals surface area contributed by atoms with Crippen LogP contribution in [-0.4, -0.2) is 49.5 Å². The molecule has 64 heavy (non-hydrogen) atoms. The number of H-pyrrole nitrogens is 2. The van der Waals surface area contributed by atoms with Crippen molar-refractivity contribution in [3.05, 3.63) is 214 Å². The molecule has 0 radical (unpaired) electrons. The Labute approximate surface area is 369 Å². The van der Waals surface area contributed by atoms with E-state index in [1.165, 1.54) is 0 Å². The van der Waals surface area contributed by atoms with Crippen LogP contribution in [0.3, 0.4) is 0 Å². The van der Waals surface area contributed by atoms with Gasteiger partial charge in [0.2, 0.25) is 0 Å². The van der Waals surface area contributed by atoms with Crippen molar-refractivity contribution in [3.8, 4) is 44.5 Å². The molecule has 0 amide bonds. The molecule has 0 spiro atoms. The average molecular weight is 826 g/mol. The van der Waals surface area contributed by atoms with Crippen molar-refractivity contribution >= 4 is 57.9 Å². The summed E-state index contributed by atoms with van der Waals surface area (Å²) < 4.78 is 0. The number of fused-ring (bicyclic) bond motifs is 9. The summed E-state index contributed by atoms with van der Waals surface area (Å²) in [6, 6.07) is 55.3. The van der Waals surface area contributed by atoms with E-state index in [2.05, 4.69) is 154 Å². The number of nitrogens with one attached hydrogen (secondary N) is 2. The number of aromatic amines is 2. The monoisotopic (exact) mass is 825 g/mol. The molecule has 0 unspecified atom stereocenters. The standard InChI is InChI=1S/C57H39N5O2/c63-56-40-23-13-14-24-41(40)57(64)43-34-62(33-42(43)56)32-39-31-50-53(37-19-9-3-10-20-37)48-28-27-46(59-48)51(35-15-5-1-6-16-35)44-25-26-45(58-44)52(36-17-7-2-8-18-36)47-29-30-49(60-47)54(55(39)61-50)38-21-11-4-12-22-38/h1-31,58,61H,32-34H2. The van der Waals surface area contributed by atoms with Gasteiger partial charge in [0.25, 0.3) is 0 Å². The summed E-state index contributed by atoms with van der Waals surface area (Å²) >= 11 is 0. The summed E-state index contributed by atoms with van der Waals surface area (Å²) in [5, 5.41) is 0. The van der Waals surface area contributed by atoms with Crippen LogP contribution < -0.4 is 0 Å². The van der Waals surface area contributed by atoms with Gasteiger partial charge in [-0.05, 0) is 70.3 Å². The van der Waals surface area contributed by atoms with Gasteiger partial charge in [-0.2, -0.15) is 0 Å². The number of nitrogens with zero attached hydrogens (tertiary/aromatic N) is 3. The first-order valence-electron chi connectivity index (χ1n) is 21.6. The summed E-state index contributed by atoms with van der Waals surface area (Å²) in [5.74, 6) is -0.122. The molecule has 7 heteroatoms. The number of aromatic nitrogens is 4. The number of carbonyl (C=O) groups is 2. The minimum absolute atomic E-state index is 0.0610.